The van der Waals surface area contributed by atoms with Crippen LogP contribution in [-0.4, -0.2) is 33.1 Å². The molecule has 1 aliphatic rings. The Balaban J connectivity index is 1.45. The second kappa shape index (κ2) is 6.68. The van der Waals surface area contributed by atoms with E-state index in [9.17, 15) is 4.39 Å². The van der Waals surface area contributed by atoms with Gasteiger partial charge in [0.1, 0.15) is 10.8 Å². The fraction of sp³-hybridized carbons (Fsp3) is 0.353. The van der Waals surface area contributed by atoms with Crippen molar-refractivity contribution < 1.29 is 4.39 Å². The number of anilines is 1. The second-order valence-corrected chi connectivity index (χ2v) is 7.05. The highest BCUT2D eigenvalue weighted by atomic mass is 32.1. The minimum atomic E-state index is -0.213. The van der Waals surface area contributed by atoms with Gasteiger partial charge in [-0.2, -0.15) is 5.10 Å². The first-order valence-corrected chi connectivity index (χ1v) is 8.90. The van der Waals surface area contributed by atoms with Crippen LogP contribution in [0.25, 0.3) is 0 Å². The first-order chi connectivity index (χ1) is 11.8. The topological polar surface area (TPSA) is 46.8 Å². The Labute approximate surface area is 143 Å². The molecule has 4 rings (SSSR count). The lowest BCUT2D eigenvalue weighted by atomic mass is 10.1. The molecule has 1 atom stereocenters. The number of rotatable bonds is 4. The van der Waals surface area contributed by atoms with Crippen LogP contribution in [-0.2, 0) is 6.42 Å². The van der Waals surface area contributed by atoms with Crippen molar-refractivity contribution in [2.24, 2.45) is 0 Å². The van der Waals surface area contributed by atoms with Gasteiger partial charge in [-0.25, -0.2) is 4.39 Å². The molecule has 0 spiro atoms. The molecule has 2 aromatic heterocycles. The lowest BCUT2D eigenvalue weighted by Crippen LogP contribution is -2.36. The number of piperidine rings is 1. The molecule has 7 heteroatoms. The third kappa shape index (κ3) is 3.31. The summed E-state index contributed by atoms with van der Waals surface area (Å²) >= 11 is 1.62. The van der Waals surface area contributed by atoms with E-state index in [2.05, 4.69) is 20.2 Å². The molecule has 1 unspecified atom stereocenters. The Morgan fingerprint density at radius 1 is 1.21 bits per heavy atom. The van der Waals surface area contributed by atoms with Crippen molar-refractivity contribution in [1.29, 1.82) is 0 Å². The largest absolute Gasteiger partial charge is 0.345 e. The summed E-state index contributed by atoms with van der Waals surface area (Å²) in [6, 6.07) is 8.91. The molecule has 5 nitrogen and oxygen atoms in total. The molecule has 1 aliphatic heterocycles. The molecule has 0 aliphatic carbocycles. The van der Waals surface area contributed by atoms with Gasteiger partial charge in [-0.1, -0.05) is 23.5 Å². The summed E-state index contributed by atoms with van der Waals surface area (Å²) in [5, 5.41) is 14.9. The summed E-state index contributed by atoms with van der Waals surface area (Å²) in [5.74, 6) is -0.213. The predicted molar refractivity (Wildman–Crippen MR) is 91.8 cm³/mol. The maximum Gasteiger partial charge on any atom is 0.208 e. The van der Waals surface area contributed by atoms with E-state index >= 15 is 0 Å². The molecule has 0 bridgehead atoms. The highest BCUT2D eigenvalue weighted by Gasteiger charge is 2.24. The standard InChI is InChI=1S/C17H18FN5S/c18-14-6-4-13(5-7-14)11-16-20-21-17(24-16)22-9-1-3-15(12-22)23-10-2-8-19-23/h2,4-8,10,15H,1,3,9,11-12H2. The number of hydrogen-bond acceptors (Lipinski definition) is 5. The minimum absolute atomic E-state index is 0.213. The Morgan fingerprint density at radius 3 is 2.88 bits per heavy atom. The average molecular weight is 343 g/mol. The van der Waals surface area contributed by atoms with E-state index in [0.29, 0.717) is 12.5 Å². The Morgan fingerprint density at radius 2 is 2.08 bits per heavy atom. The zero-order chi connectivity index (χ0) is 16.4. The van der Waals surface area contributed by atoms with Crippen LogP contribution >= 0.6 is 11.3 Å². The van der Waals surface area contributed by atoms with Crippen LogP contribution in [0.15, 0.2) is 42.7 Å². The third-order valence-corrected chi connectivity index (χ3v) is 5.27. The van der Waals surface area contributed by atoms with Crippen LogP contribution in [0, 0.1) is 5.82 Å². The molecule has 0 N–H and O–H groups in total. The summed E-state index contributed by atoms with van der Waals surface area (Å²) in [6.45, 7) is 1.91. The quantitative estimate of drug-likeness (QED) is 0.729. The van der Waals surface area contributed by atoms with E-state index in [1.54, 1.807) is 23.5 Å². The van der Waals surface area contributed by atoms with E-state index < -0.39 is 0 Å². The van der Waals surface area contributed by atoms with Gasteiger partial charge < -0.3 is 4.90 Å². The summed E-state index contributed by atoms with van der Waals surface area (Å²) in [6.07, 6.45) is 6.80. The molecule has 0 radical (unpaired) electrons. The molecular formula is C17H18FN5S. The number of nitrogens with zero attached hydrogens (tertiary/aromatic N) is 5. The van der Waals surface area contributed by atoms with Crippen molar-refractivity contribution in [2.75, 3.05) is 18.0 Å². The smallest absolute Gasteiger partial charge is 0.208 e. The molecule has 0 amide bonds. The summed E-state index contributed by atoms with van der Waals surface area (Å²) in [7, 11) is 0. The van der Waals surface area contributed by atoms with Crippen molar-refractivity contribution in [3.8, 4) is 0 Å². The number of benzene rings is 1. The SMILES string of the molecule is Fc1ccc(Cc2nnc(N3CCCC(n4cccn4)C3)s2)cc1. The van der Waals surface area contributed by atoms with Gasteiger partial charge in [-0.3, -0.25) is 4.68 Å². The van der Waals surface area contributed by atoms with Crippen LogP contribution in [0.4, 0.5) is 9.52 Å². The fourth-order valence-electron chi connectivity index (χ4n) is 3.06. The third-order valence-electron chi connectivity index (χ3n) is 4.29. The van der Waals surface area contributed by atoms with Crippen LogP contribution in [0.2, 0.25) is 0 Å². The molecule has 124 valence electrons. The number of aromatic nitrogens is 4. The van der Waals surface area contributed by atoms with E-state index in [0.717, 1.165) is 41.6 Å². The molecule has 1 saturated heterocycles. The molecule has 1 fully saturated rings. The molecule has 3 aromatic rings. The van der Waals surface area contributed by atoms with E-state index in [1.165, 1.54) is 12.1 Å². The van der Waals surface area contributed by atoms with E-state index in [-0.39, 0.29) is 5.82 Å². The van der Waals surface area contributed by atoms with Gasteiger partial charge in [0.2, 0.25) is 5.13 Å². The lowest BCUT2D eigenvalue weighted by molar-refractivity contribution is 0.375. The normalized spacial score (nSPS) is 18.0. The van der Waals surface area contributed by atoms with Crippen molar-refractivity contribution in [2.45, 2.75) is 25.3 Å². The molecule has 1 aromatic carbocycles. The molecule has 0 saturated carbocycles. The van der Waals surface area contributed by atoms with Crippen molar-refractivity contribution in [3.63, 3.8) is 0 Å². The predicted octanol–water partition coefficient (Wildman–Crippen LogP) is 3.31. The van der Waals surface area contributed by atoms with Gasteiger partial charge in [0.25, 0.3) is 0 Å². The number of hydrogen-bond donors (Lipinski definition) is 0. The van der Waals surface area contributed by atoms with Crippen LogP contribution < -0.4 is 4.90 Å². The van der Waals surface area contributed by atoms with E-state index in [4.69, 9.17) is 0 Å². The van der Waals surface area contributed by atoms with Gasteiger partial charge >= 0.3 is 0 Å². The highest BCUT2D eigenvalue weighted by Crippen LogP contribution is 2.28. The average Bonchev–Trinajstić information content (AvgIpc) is 3.29. The zero-order valence-electron chi connectivity index (χ0n) is 13.2. The Bertz CT molecular complexity index is 784. The van der Waals surface area contributed by atoms with Crippen LogP contribution in [0.3, 0.4) is 0 Å². The highest BCUT2D eigenvalue weighted by molar-refractivity contribution is 7.15. The molecule has 24 heavy (non-hydrogen) atoms. The fourth-order valence-corrected chi connectivity index (χ4v) is 3.97. The maximum absolute atomic E-state index is 13.0. The van der Waals surface area contributed by atoms with Crippen molar-refractivity contribution in [1.82, 2.24) is 20.0 Å². The molecule has 3 heterocycles. The van der Waals surface area contributed by atoms with Gasteiger partial charge in [0.15, 0.2) is 0 Å². The molecular weight excluding hydrogens is 325 g/mol. The summed E-state index contributed by atoms with van der Waals surface area (Å²) in [5.41, 5.74) is 1.05. The van der Waals surface area contributed by atoms with Gasteiger partial charge in [0.05, 0.1) is 6.04 Å². The minimum Gasteiger partial charge on any atom is -0.345 e. The summed E-state index contributed by atoms with van der Waals surface area (Å²) in [4.78, 5) is 2.29. The van der Waals surface area contributed by atoms with E-state index in [1.807, 2.05) is 23.1 Å². The monoisotopic (exact) mass is 343 g/mol. The maximum atomic E-state index is 13.0. The lowest BCUT2D eigenvalue weighted by Gasteiger charge is -2.32. The second-order valence-electron chi connectivity index (χ2n) is 6.01. The van der Waals surface area contributed by atoms with Gasteiger partial charge in [0, 0.05) is 31.9 Å². The van der Waals surface area contributed by atoms with Crippen LogP contribution in [0.5, 0.6) is 0 Å². The first kappa shape index (κ1) is 15.3. The Kier molecular flexibility index (Phi) is 4.25. The number of halogens is 1. The van der Waals surface area contributed by atoms with Crippen LogP contribution in [0.1, 0.15) is 29.5 Å². The zero-order valence-corrected chi connectivity index (χ0v) is 14.0. The van der Waals surface area contributed by atoms with Crippen molar-refractivity contribution in [3.05, 3.63) is 59.1 Å². The van der Waals surface area contributed by atoms with Gasteiger partial charge in [-0.05, 0) is 36.6 Å². The summed E-state index contributed by atoms with van der Waals surface area (Å²) < 4.78 is 15.0. The van der Waals surface area contributed by atoms with Crippen molar-refractivity contribution >= 4 is 16.5 Å². The Hall–Kier alpha value is -2.28. The first-order valence-electron chi connectivity index (χ1n) is 8.09. The van der Waals surface area contributed by atoms with Gasteiger partial charge in [-0.15, -0.1) is 10.2 Å².